The topological polar surface area (TPSA) is 26.0 Å². The summed E-state index contributed by atoms with van der Waals surface area (Å²) in [6.07, 6.45) is 6.76. The van der Waals surface area contributed by atoms with E-state index in [2.05, 4.69) is 5.38 Å². The molecule has 1 nitrogen and oxygen atoms in total. The fourth-order valence-electron chi connectivity index (χ4n) is 2.33. The van der Waals surface area contributed by atoms with E-state index in [0.29, 0.717) is 6.54 Å². The van der Waals surface area contributed by atoms with E-state index in [9.17, 15) is 0 Å². The van der Waals surface area contributed by atoms with Crippen LogP contribution in [0.4, 0.5) is 0 Å². The quantitative estimate of drug-likeness (QED) is 0.818. The van der Waals surface area contributed by atoms with Crippen LogP contribution in [-0.4, -0.2) is 0 Å². The molecule has 78 valence electrons. The lowest BCUT2D eigenvalue weighted by atomic mass is 9.84. The lowest BCUT2D eigenvalue weighted by Crippen LogP contribution is -2.07. The molecular weight excluding hydrogens is 214 g/mol. The molecule has 1 saturated carbocycles. The summed E-state index contributed by atoms with van der Waals surface area (Å²) in [5.41, 5.74) is 8.36. The van der Waals surface area contributed by atoms with E-state index in [4.69, 9.17) is 17.3 Å². The van der Waals surface area contributed by atoms with E-state index < -0.39 is 0 Å². The van der Waals surface area contributed by atoms with Crippen LogP contribution in [0.25, 0.3) is 0 Å². The van der Waals surface area contributed by atoms with Crippen LogP contribution in [-0.2, 0) is 6.54 Å². The Morgan fingerprint density at radius 2 is 2.07 bits per heavy atom. The molecule has 1 aromatic heterocycles. The second kappa shape index (κ2) is 4.65. The zero-order chi connectivity index (χ0) is 9.97. The number of nitrogens with two attached hydrogens (primary N) is 1. The molecule has 1 aromatic rings. The summed E-state index contributed by atoms with van der Waals surface area (Å²) in [5, 5.41) is 2.21. The Hall–Kier alpha value is -0.0500. The van der Waals surface area contributed by atoms with Gasteiger partial charge in [-0.05, 0) is 35.3 Å². The molecule has 0 amide bonds. The highest BCUT2D eigenvalue weighted by Gasteiger charge is 2.20. The van der Waals surface area contributed by atoms with Crippen LogP contribution in [0, 0.1) is 0 Å². The molecule has 0 atom stereocenters. The average Bonchev–Trinajstić information content (AvgIpc) is 2.61. The largest absolute Gasteiger partial charge is 0.326 e. The van der Waals surface area contributed by atoms with Gasteiger partial charge >= 0.3 is 0 Å². The highest BCUT2D eigenvalue weighted by atomic mass is 35.5. The molecule has 1 aliphatic carbocycles. The van der Waals surface area contributed by atoms with Crippen molar-refractivity contribution >= 4 is 22.9 Å². The van der Waals surface area contributed by atoms with Crippen molar-refractivity contribution in [3.05, 3.63) is 20.8 Å². The van der Waals surface area contributed by atoms with Crippen molar-refractivity contribution in [1.82, 2.24) is 0 Å². The van der Waals surface area contributed by atoms with Gasteiger partial charge in [0.1, 0.15) is 0 Å². The van der Waals surface area contributed by atoms with Crippen LogP contribution in [0.1, 0.15) is 49.1 Å². The smallest absolute Gasteiger partial charge is 0.0976 e. The third kappa shape index (κ3) is 1.97. The molecule has 0 aromatic carbocycles. The number of hydrogen-bond donors (Lipinski definition) is 1. The average molecular weight is 230 g/mol. The van der Waals surface area contributed by atoms with E-state index in [0.717, 1.165) is 10.3 Å². The predicted molar refractivity (Wildman–Crippen MR) is 63.0 cm³/mol. The van der Waals surface area contributed by atoms with E-state index in [-0.39, 0.29) is 0 Å². The first-order valence-electron chi connectivity index (χ1n) is 5.28. The van der Waals surface area contributed by atoms with E-state index in [1.807, 2.05) is 0 Å². The molecule has 1 aliphatic rings. The van der Waals surface area contributed by atoms with Gasteiger partial charge in [-0.3, -0.25) is 0 Å². The van der Waals surface area contributed by atoms with Gasteiger partial charge in [0.2, 0.25) is 0 Å². The Kier molecular flexibility index (Phi) is 3.47. The van der Waals surface area contributed by atoms with Crippen molar-refractivity contribution < 1.29 is 0 Å². The first kappa shape index (κ1) is 10.5. The third-order valence-corrected chi connectivity index (χ3v) is 4.44. The normalized spacial score (nSPS) is 18.7. The molecule has 0 unspecified atom stereocenters. The van der Waals surface area contributed by atoms with Crippen LogP contribution in [0.5, 0.6) is 0 Å². The molecule has 3 heteroatoms. The van der Waals surface area contributed by atoms with Crippen LogP contribution in [0.15, 0.2) is 5.38 Å². The minimum Gasteiger partial charge on any atom is -0.326 e. The van der Waals surface area contributed by atoms with E-state index in [1.165, 1.54) is 43.2 Å². The van der Waals surface area contributed by atoms with Gasteiger partial charge in [-0.2, -0.15) is 0 Å². The molecule has 0 bridgehead atoms. The predicted octanol–water partition coefficient (Wildman–Crippen LogP) is 3.91. The molecule has 1 heterocycles. The summed E-state index contributed by atoms with van der Waals surface area (Å²) in [5.74, 6) is 0.728. The molecule has 2 N–H and O–H groups in total. The van der Waals surface area contributed by atoms with Gasteiger partial charge in [0.25, 0.3) is 0 Å². The Balaban J connectivity index is 2.21. The number of thiophene rings is 1. The lowest BCUT2D eigenvalue weighted by Gasteiger charge is -2.22. The van der Waals surface area contributed by atoms with Gasteiger partial charge in [-0.1, -0.05) is 30.9 Å². The molecule has 0 saturated heterocycles. The first-order chi connectivity index (χ1) is 6.83. The van der Waals surface area contributed by atoms with Crippen molar-refractivity contribution in [2.24, 2.45) is 5.73 Å². The fourth-order valence-corrected chi connectivity index (χ4v) is 3.55. The highest BCUT2D eigenvalue weighted by molar-refractivity contribution is 7.14. The molecule has 0 radical (unpaired) electrons. The Bertz CT molecular complexity index is 302. The number of halogens is 1. The molecule has 2 rings (SSSR count). The van der Waals surface area contributed by atoms with Gasteiger partial charge in [0, 0.05) is 6.54 Å². The third-order valence-electron chi connectivity index (χ3n) is 3.12. The maximum Gasteiger partial charge on any atom is 0.0976 e. The van der Waals surface area contributed by atoms with Crippen LogP contribution < -0.4 is 5.73 Å². The first-order valence-corrected chi connectivity index (χ1v) is 6.54. The Morgan fingerprint density at radius 3 is 2.71 bits per heavy atom. The van der Waals surface area contributed by atoms with E-state index >= 15 is 0 Å². The van der Waals surface area contributed by atoms with Crippen molar-refractivity contribution in [3.63, 3.8) is 0 Å². The maximum absolute atomic E-state index is 6.10. The minimum absolute atomic E-state index is 0.591. The lowest BCUT2D eigenvalue weighted by molar-refractivity contribution is 0.442. The SMILES string of the molecule is NCc1c(C2CCCCC2)csc1Cl. The second-order valence-corrected chi connectivity index (χ2v) is 5.46. The van der Waals surface area contributed by atoms with Gasteiger partial charge in [-0.15, -0.1) is 11.3 Å². The van der Waals surface area contributed by atoms with Crippen molar-refractivity contribution in [2.75, 3.05) is 0 Å². The Morgan fingerprint density at radius 1 is 1.36 bits per heavy atom. The van der Waals surface area contributed by atoms with Crippen molar-refractivity contribution in [1.29, 1.82) is 0 Å². The van der Waals surface area contributed by atoms with Crippen LogP contribution in [0.2, 0.25) is 4.34 Å². The summed E-state index contributed by atoms with van der Waals surface area (Å²) in [7, 11) is 0. The molecule has 0 spiro atoms. The van der Waals surface area contributed by atoms with Gasteiger partial charge in [0.05, 0.1) is 4.34 Å². The van der Waals surface area contributed by atoms with Gasteiger partial charge < -0.3 is 5.73 Å². The summed E-state index contributed by atoms with van der Waals surface area (Å²) in [6, 6.07) is 0. The molecule has 0 aliphatic heterocycles. The van der Waals surface area contributed by atoms with E-state index in [1.54, 1.807) is 11.3 Å². The minimum atomic E-state index is 0.591. The van der Waals surface area contributed by atoms with Crippen molar-refractivity contribution in [3.8, 4) is 0 Å². The van der Waals surface area contributed by atoms with Gasteiger partial charge in [-0.25, -0.2) is 0 Å². The summed E-state index contributed by atoms with van der Waals surface area (Å²) in [6.45, 7) is 0.591. The summed E-state index contributed by atoms with van der Waals surface area (Å²) < 4.78 is 0.896. The number of hydrogen-bond acceptors (Lipinski definition) is 2. The second-order valence-electron chi connectivity index (χ2n) is 3.98. The van der Waals surface area contributed by atoms with Gasteiger partial charge in [0.15, 0.2) is 0 Å². The molecule has 1 fully saturated rings. The zero-order valence-electron chi connectivity index (χ0n) is 8.26. The van der Waals surface area contributed by atoms with Crippen molar-refractivity contribution in [2.45, 2.75) is 44.6 Å². The molecular formula is C11H16ClNS. The fraction of sp³-hybridized carbons (Fsp3) is 0.636. The molecule has 14 heavy (non-hydrogen) atoms. The summed E-state index contributed by atoms with van der Waals surface area (Å²) >= 11 is 7.74. The Labute approximate surface area is 94.3 Å². The number of rotatable bonds is 2. The highest BCUT2D eigenvalue weighted by Crippen LogP contribution is 2.39. The summed E-state index contributed by atoms with van der Waals surface area (Å²) in [4.78, 5) is 0. The maximum atomic E-state index is 6.10. The van der Waals surface area contributed by atoms with Crippen LogP contribution >= 0.6 is 22.9 Å². The standard InChI is InChI=1S/C11H16ClNS/c12-11-9(6-13)10(7-14-11)8-4-2-1-3-5-8/h7-8H,1-6,13H2. The van der Waals surface area contributed by atoms with Crippen LogP contribution in [0.3, 0.4) is 0 Å². The zero-order valence-corrected chi connectivity index (χ0v) is 9.83. The monoisotopic (exact) mass is 229 g/mol.